The van der Waals surface area contributed by atoms with Crippen LogP contribution in [0.4, 0.5) is 0 Å². The fourth-order valence-electron chi connectivity index (χ4n) is 0.421. The molecular formula is C4H11NaO3S. The molecule has 0 aliphatic rings. The molecule has 0 aliphatic heterocycles. The van der Waals surface area contributed by atoms with E-state index in [9.17, 15) is 8.42 Å². The van der Waals surface area contributed by atoms with E-state index in [0.717, 1.165) is 0 Å². The van der Waals surface area contributed by atoms with Gasteiger partial charge in [0.1, 0.15) is 0 Å². The molecule has 0 saturated carbocycles. The molecule has 1 N–H and O–H groups in total. The molecular weight excluding hydrogens is 151 g/mol. The van der Waals surface area contributed by atoms with Crippen LogP contribution in [0.5, 0.6) is 0 Å². The molecule has 0 amide bonds. The zero-order valence-corrected chi connectivity index (χ0v) is 8.77. The Hall–Kier alpha value is 0.910. The Labute approximate surface area is 79.4 Å². The van der Waals surface area contributed by atoms with Crippen molar-refractivity contribution in [1.29, 1.82) is 0 Å². The van der Waals surface area contributed by atoms with E-state index < -0.39 is 10.1 Å². The van der Waals surface area contributed by atoms with Gasteiger partial charge >= 0.3 is 29.6 Å². The normalized spacial score (nSPS) is 11.1. The Bertz CT molecular complexity index is 154. The van der Waals surface area contributed by atoms with Crippen LogP contribution in [0, 0.1) is 5.92 Å². The summed E-state index contributed by atoms with van der Waals surface area (Å²) in [6, 6.07) is 0. The fraction of sp³-hybridized carbons (Fsp3) is 1.00. The first-order chi connectivity index (χ1) is 3.42. The van der Waals surface area contributed by atoms with Crippen LogP contribution in [-0.4, -0.2) is 18.7 Å². The molecule has 0 aromatic heterocycles. The molecule has 0 atom stereocenters. The summed E-state index contributed by atoms with van der Waals surface area (Å²) in [6.07, 6.45) is 0. The number of hydrogen-bond donors (Lipinski definition) is 1. The van der Waals surface area contributed by atoms with Crippen molar-refractivity contribution in [3.05, 3.63) is 0 Å². The smallest absolute Gasteiger partial charge is 1.00 e. The maximum atomic E-state index is 10.00. The van der Waals surface area contributed by atoms with Crippen molar-refractivity contribution in [2.24, 2.45) is 5.92 Å². The van der Waals surface area contributed by atoms with Crippen molar-refractivity contribution in [2.75, 3.05) is 5.75 Å². The van der Waals surface area contributed by atoms with Gasteiger partial charge in [-0.2, -0.15) is 8.42 Å². The summed E-state index contributed by atoms with van der Waals surface area (Å²) in [5.74, 6) is -0.141. The van der Waals surface area contributed by atoms with Gasteiger partial charge in [0.25, 0.3) is 10.1 Å². The van der Waals surface area contributed by atoms with E-state index in [1.165, 1.54) is 0 Å². The van der Waals surface area contributed by atoms with E-state index in [0.29, 0.717) is 0 Å². The van der Waals surface area contributed by atoms with Gasteiger partial charge in [0, 0.05) is 0 Å². The average Bonchev–Trinajstić information content (AvgIpc) is 1.21. The van der Waals surface area contributed by atoms with Crippen molar-refractivity contribution in [3.8, 4) is 0 Å². The Balaban J connectivity index is -0.000000245. The molecule has 0 aromatic carbocycles. The first-order valence-corrected chi connectivity index (χ1v) is 3.98. The minimum atomic E-state index is -3.72. The molecule has 9 heavy (non-hydrogen) atoms. The molecule has 0 aromatic rings. The van der Waals surface area contributed by atoms with Crippen LogP contribution in [0.25, 0.3) is 0 Å². The largest absolute Gasteiger partial charge is 1.00 e. The second kappa shape index (κ2) is 4.68. The van der Waals surface area contributed by atoms with E-state index in [1.807, 2.05) is 0 Å². The summed E-state index contributed by atoms with van der Waals surface area (Å²) in [7, 11) is -3.72. The van der Waals surface area contributed by atoms with Crippen LogP contribution in [0.3, 0.4) is 0 Å². The first-order valence-electron chi connectivity index (χ1n) is 2.37. The molecule has 0 fully saturated rings. The van der Waals surface area contributed by atoms with Crippen LogP contribution in [0.2, 0.25) is 0 Å². The molecule has 0 rings (SSSR count). The van der Waals surface area contributed by atoms with Gasteiger partial charge in [-0.15, -0.1) is 0 Å². The van der Waals surface area contributed by atoms with Gasteiger partial charge in [0.05, 0.1) is 5.75 Å². The second-order valence-corrected chi connectivity index (χ2v) is 3.64. The molecule has 0 aliphatic carbocycles. The topological polar surface area (TPSA) is 54.4 Å². The molecule has 5 heteroatoms. The van der Waals surface area contributed by atoms with Crippen molar-refractivity contribution >= 4 is 10.1 Å². The fourth-order valence-corrected chi connectivity index (χ4v) is 1.26. The summed E-state index contributed by atoms with van der Waals surface area (Å²) < 4.78 is 28.2. The maximum absolute atomic E-state index is 10.00. The molecule has 52 valence electrons. The van der Waals surface area contributed by atoms with Crippen molar-refractivity contribution in [1.82, 2.24) is 0 Å². The van der Waals surface area contributed by atoms with Gasteiger partial charge in [-0.3, -0.25) is 4.55 Å². The van der Waals surface area contributed by atoms with E-state index in [1.54, 1.807) is 13.8 Å². The summed E-state index contributed by atoms with van der Waals surface area (Å²) in [5.41, 5.74) is 0. The molecule has 3 nitrogen and oxygen atoms in total. The molecule has 0 heterocycles. The van der Waals surface area contributed by atoms with Crippen LogP contribution in [0.1, 0.15) is 15.3 Å². The summed E-state index contributed by atoms with van der Waals surface area (Å²) in [6.45, 7) is 3.46. The molecule has 0 unspecified atom stereocenters. The predicted molar refractivity (Wildman–Crippen MR) is 32.4 cm³/mol. The molecule has 0 saturated heterocycles. The minimum Gasteiger partial charge on any atom is -1.00 e. The van der Waals surface area contributed by atoms with Crippen LogP contribution in [0.15, 0.2) is 0 Å². The molecule has 0 radical (unpaired) electrons. The Morgan fingerprint density at radius 1 is 1.56 bits per heavy atom. The van der Waals surface area contributed by atoms with Gasteiger partial charge in [-0.25, -0.2) is 0 Å². The number of rotatable bonds is 2. The van der Waals surface area contributed by atoms with Crippen molar-refractivity contribution < 1.29 is 44.0 Å². The summed E-state index contributed by atoms with van der Waals surface area (Å²) in [4.78, 5) is 0. The number of hydrogen-bond acceptors (Lipinski definition) is 2. The van der Waals surface area contributed by atoms with Crippen LogP contribution < -0.4 is 29.6 Å². The quantitative estimate of drug-likeness (QED) is 0.365. The van der Waals surface area contributed by atoms with Gasteiger partial charge in [0.15, 0.2) is 0 Å². The average molecular weight is 162 g/mol. The van der Waals surface area contributed by atoms with Crippen molar-refractivity contribution in [3.63, 3.8) is 0 Å². The summed E-state index contributed by atoms with van der Waals surface area (Å²) >= 11 is 0. The third kappa shape index (κ3) is 12.2. The zero-order chi connectivity index (χ0) is 6.78. The SMILES string of the molecule is CC(C)CS(=O)(=O)O.[H-].[Na+]. The van der Waals surface area contributed by atoms with E-state index >= 15 is 0 Å². The van der Waals surface area contributed by atoms with Gasteiger partial charge in [0.2, 0.25) is 0 Å². The van der Waals surface area contributed by atoms with E-state index in [-0.39, 0.29) is 42.7 Å². The van der Waals surface area contributed by atoms with E-state index in [2.05, 4.69) is 0 Å². The van der Waals surface area contributed by atoms with Crippen LogP contribution in [-0.2, 0) is 10.1 Å². The van der Waals surface area contributed by atoms with Gasteiger partial charge in [-0.05, 0) is 5.92 Å². The monoisotopic (exact) mass is 162 g/mol. The summed E-state index contributed by atoms with van der Waals surface area (Å²) in [5, 5.41) is 0. The zero-order valence-electron chi connectivity index (χ0n) is 6.96. The van der Waals surface area contributed by atoms with Crippen molar-refractivity contribution in [2.45, 2.75) is 13.8 Å². The Morgan fingerprint density at radius 2 is 1.89 bits per heavy atom. The minimum absolute atomic E-state index is 0. The second-order valence-electron chi connectivity index (χ2n) is 2.14. The first kappa shape index (κ1) is 12.6. The molecule has 0 spiro atoms. The molecule has 0 bridgehead atoms. The van der Waals surface area contributed by atoms with Crippen LogP contribution >= 0.6 is 0 Å². The third-order valence-corrected chi connectivity index (χ3v) is 1.63. The van der Waals surface area contributed by atoms with Gasteiger partial charge in [-0.1, -0.05) is 13.8 Å². The Kier molecular flexibility index (Phi) is 6.54. The maximum Gasteiger partial charge on any atom is 1.00 e. The Morgan fingerprint density at radius 3 is 1.89 bits per heavy atom. The predicted octanol–water partition coefficient (Wildman–Crippen LogP) is -2.35. The third-order valence-electron chi connectivity index (χ3n) is 0.544. The van der Waals surface area contributed by atoms with Gasteiger partial charge < -0.3 is 1.43 Å². The standard InChI is InChI=1S/C4H10O3S.Na.H/c1-4(2)3-8(5,6)7;;/h4H,3H2,1-2H3,(H,5,6,7);;/q;+1;-1. The van der Waals surface area contributed by atoms with E-state index in [4.69, 9.17) is 4.55 Å².